The summed E-state index contributed by atoms with van der Waals surface area (Å²) in [6.45, 7) is 6.50. The lowest BCUT2D eigenvalue weighted by Gasteiger charge is -2.18. The number of ether oxygens (including phenoxy) is 3. The molecule has 0 aromatic heterocycles. The van der Waals surface area contributed by atoms with Gasteiger partial charge in [-0.25, -0.2) is 0 Å². The van der Waals surface area contributed by atoms with Crippen LogP contribution in [0.5, 0.6) is 0 Å². The predicted molar refractivity (Wildman–Crippen MR) is 320 cm³/mol. The highest BCUT2D eigenvalue weighted by atomic mass is 16.6. The molecule has 0 aliphatic heterocycles. The average Bonchev–Trinajstić information content (AvgIpc) is 3.40. The van der Waals surface area contributed by atoms with Gasteiger partial charge in [0.2, 0.25) is 0 Å². The Labute approximate surface area is 457 Å². The maximum absolute atomic E-state index is 12.9. The number of esters is 3. The van der Waals surface area contributed by atoms with Crippen molar-refractivity contribution in [3.63, 3.8) is 0 Å². The minimum atomic E-state index is -0.794. The maximum atomic E-state index is 12.9. The molecule has 1 atom stereocenters. The quantitative estimate of drug-likeness (QED) is 0.0261. The summed E-state index contributed by atoms with van der Waals surface area (Å²) in [5.74, 6) is -0.912. The van der Waals surface area contributed by atoms with Crippen LogP contribution >= 0.6 is 0 Å². The van der Waals surface area contributed by atoms with Gasteiger partial charge in [-0.3, -0.25) is 14.4 Å². The molecule has 0 fully saturated rings. The van der Waals surface area contributed by atoms with E-state index in [0.29, 0.717) is 19.3 Å². The lowest BCUT2D eigenvalue weighted by Crippen LogP contribution is -2.30. The summed E-state index contributed by atoms with van der Waals surface area (Å²) in [5.41, 5.74) is 0. The predicted octanol–water partition coefficient (Wildman–Crippen LogP) is 21.3. The highest BCUT2D eigenvalue weighted by molar-refractivity contribution is 5.71. The van der Waals surface area contributed by atoms with Crippen molar-refractivity contribution < 1.29 is 28.6 Å². The summed E-state index contributed by atoms with van der Waals surface area (Å²) in [5, 5.41) is 0. The molecule has 0 heterocycles. The molecule has 0 aliphatic rings. The van der Waals surface area contributed by atoms with Gasteiger partial charge in [0.15, 0.2) is 6.10 Å². The van der Waals surface area contributed by atoms with E-state index in [1.807, 2.05) is 0 Å². The smallest absolute Gasteiger partial charge is 0.306 e. The molecular formula is C68H116O6. The molecule has 0 aliphatic carbocycles. The van der Waals surface area contributed by atoms with E-state index in [0.717, 1.165) is 122 Å². The normalized spacial score (nSPS) is 12.7. The number of allylic oxidation sites excluding steroid dienone is 16. The van der Waals surface area contributed by atoms with E-state index in [9.17, 15) is 14.4 Å². The zero-order chi connectivity index (χ0) is 53.6. The van der Waals surface area contributed by atoms with Gasteiger partial charge in [-0.05, 0) is 122 Å². The van der Waals surface area contributed by atoms with Crippen LogP contribution in [-0.4, -0.2) is 37.2 Å². The van der Waals surface area contributed by atoms with Crippen LogP contribution < -0.4 is 0 Å². The summed E-state index contributed by atoms with van der Waals surface area (Å²) in [6.07, 6.45) is 82.6. The fourth-order valence-corrected chi connectivity index (χ4v) is 8.61. The molecule has 0 rings (SSSR count). The monoisotopic (exact) mass is 1030 g/mol. The van der Waals surface area contributed by atoms with Crippen LogP contribution in [0.1, 0.15) is 297 Å². The molecule has 0 spiro atoms. The first-order valence-electron chi connectivity index (χ1n) is 31.2. The van der Waals surface area contributed by atoms with E-state index in [4.69, 9.17) is 14.2 Å². The molecule has 0 amide bonds. The van der Waals surface area contributed by atoms with Gasteiger partial charge in [-0.1, -0.05) is 253 Å². The van der Waals surface area contributed by atoms with Gasteiger partial charge in [0.05, 0.1) is 0 Å². The minimum Gasteiger partial charge on any atom is -0.462 e. The molecule has 0 bridgehead atoms. The number of rotatable bonds is 56. The Morgan fingerprint density at radius 1 is 0.284 bits per heavy atom. The van der Waals surface area contributed by atoms with E-state index >= 15 is 0 Å². The largest absolute Gasteiger partial charge is 0.462 e. The average molecular weight is 1030 g/mol. The van der Waals surface area contributed by atoms with Crippen molar-refractivity contribution in [3.8, 4) is 0 Å². The summed E-state index contributed by atoms with van der Waals surface area (Å²) < 4.78 is 16.9. The molecule has 424 valence electrons. The van der Waals surface area contributed by atoms with Crippen LogP contribution in [0, 0.1) is 0 Å². The Hall–Kier alpha value is -3.67. The van der Waals surface area contributed by atoms with E-state index in [1.165, 1.54) is 135 Å². The van der Waals surface area contributed by atoms with Gasteiger partial charge in [-0.15, -0.1) is 0 Å². The highest BCUT2D eigenvalue weighted by Gasteiger charge is 2.19. The van der Waals surface area contributed by atoms with E-state index in [-0.39, 0.29) is 31.1 Å². The topological polar surface area (TPSA) is 78.9 Å². The standard InChI is InChI=1S/C68H116O6/c1-4-7-10-13-16-19-22-25-28-30-32-33-34-35-37-38-40-43-46-49-52-55-58-61-67(70)73-64-65(63-72-66(69)60-57-54-51-48-45-42-27-24-21-18-15-12-9-6-3)74-68(71)62-59-56-53-50-47-44-41-39-36-31-29-26-23-20-17-14-11-8-5-2/h8,11,17,20,22,24-27,29-30,32,34-36,39,65H,4-7,9-10,12-16,18-19,21,23,28,31,33,37-38,40-64H2,1-3H3/b11-8-,20-17-,25-22-,27-24-,29-26-,32-30-,35-34-,39-36-. The third kappa shape index (κ3) is 59.2. The highest BCUT2D eigenvalue weighted by Crippen LogP contribution is 2.15. The Bertz CT molecular complexity index is 1460. The summed E-state index contributed by atoms with van der Waals surface area (Å²) in [7, 11) is 0. The third-order valence-corrected chi connectivity index (χ3v) is 13.3. The van der Waals surface area contributed by atoms with Crippen LogP contribution in [0.15, 0.2) is 97.2 Å². The molecule has 0 saturated carbocycles. The summed E-state index contributed by atoms with van der Waals surface area (Å²) in [4.78, 5) is 38.3. The first-order valence-corrected chi connectivity index (χ1v) is 31.2. The fraction of sp³-hybridized carbons (Fsp3) is 0.721. The van der Waals surface area contributed by atoms with E-state index < -0.39 is 6.10 Å². The molecule has 74 heavy (non-hydrogen) atoms. The van der Waals surface area contributed by atoms with Crippen molar-refractivity contribution in [3.05, 3.63) is 97.2 Å². The van der Waals surface area contributed by atoms with E-state index in [1.54, 1.807) is 0 Å². The fourth-order valence-electron chi connectivity index (χ4n) is 8.61. The second-order valence-corrected chi connectivity index (χ2v) is 20.6. The first-order chi connectivity index (χ1) is 36.5. The van der Waals surface area contributed by atoms with Gasteiger partial charge < -0.3 is 14.2 Å². The van der Waals surface area contributed by atoms with Crippen molar-refractivity contribution in [2.24, 2.45) is 0 Å². The third-order valence-electron chi connectivity index (χ3n) is 13.3. The molecule has 0 N–H and O–H groups in total. The van der Waals surface area contributed by atoms with Crippen molar-refractivity contribution in [2.75, 3.05) is 13.2 Å². The van der Waals surface area contributed by atoms with E-state index in [2.05, 4.69) is 118 Å². The number of carbonyl (C=O) groups is 3. The molecule has 0 saturated heterocycles. The molecule has 0 aromatic rings. The number of carbonyl (C=O) groups excluding carboxylic acids is 3. The molecule has 0 aromatic carbocycles. The SMILES string of the molecule is CC/C=C\C/C=C\C/C=C\C/C=C\CCCCCCCCC(=O)OC(COC(=O)CCCCCCC/C=C\CCCCCCC)COC(=O)CCCCCCCCCC/C=C\C/C=C\C/C=C\CCCCCCC. The Morgan fingerprint density at radius 2 is 0.527 bits per heavy atom. The molecule has 0 radical (unpaired) electrons. The Balaban J connectivity index is 4.40. The summed E-state index contributed by atoms with van der Waals surface area (Å²) >= 11 is 0. The van der Waals surface area contributed by atoms with Crippen molar-refractivity contribution in [1.29, 1.82) is 0 Å². The van der Waals surface area contributed by atoms with Gasteiger partial charge >= 0.3 is 17.9 Å². The van der Waals surface area contributed by atoms with Crippen molar-refractivity contribution >= 4 is 17.9 Å². The van der Waals surface area contributed by atoms with Crippen LogP contribution in [0.25, 0.3) is 0 Å². The van der Waals surface area contributed by atoms with Crippen LogP contribution in [0.2, 0.25) is 0 Å². The first kappa shape index (κ1) is 70.3. The number of hydrogen-bond donors (Lipinski definition) is 0. The van der Waals surface area contributed by atoms with Gasteiger partial charge in [0, 0.05) is 19.3 Å². The zero-order valence-corrected chi connectivity index (χ0v) is 48.6. The second-order valence-electron chi connectivity index (χ2n) is 20.6. The molecule has 6 nitrogen and oxygen atoms in total. The lowest BCUT2D eigenvalue weighted by atomic mass is 10.1. The Kier molecular flexibility index (Phi) is 58.8. The van der Waals surface area contributed by atoms with Crippen molar-refractivity contribution in [2.45, 2.75) is 303 Å². The zero-order valence-electron chi connectivity index (χ0n) is 48.6. The molecule has 6 heteroatoms. The van der Waals surface area contributed by atoms with Crippen LogP contribution in [0.4, 0.5) is 0 Å². The number of unbranched alkanes of at least 4 members (excludes halogenated alkanes) is 29. The van der Waals surface area contributed by atoms with Gasteiger partial charge in [0.25, 0.3) is 0 Å². The minimum absolute atomic E-state index is 0.0900. The number of hydrogen-bond acceptors (Lipinski definition) is 6. The maximum Gasteiger partial charge on any atom is 0.306 e. The van der Waals surface area contributed by atoms with Gasteiger partial charge in [0.1, 0.15) is 13.2 Å². The molecular weight excluding hydrogens is 913 g/mol. The Morgan fingerprint density at radius 3 is 0.838 bits per heavy atom. The van der Waals surface area contributed by atoms with Crippen LogP contribution in [0.3, 0.4) is 0 Å². The summed E-state index contributed by atoms with van der Waals surface area (Å²) in [6, 6.07) is 0. The van der Waals surface area contributed by atoms with Gasteiger partial charge in [-0.2, -0.15) is 0 Å². The molecule has 1 unspecified atom stereocenters. The lowest BCUT2D eigenvalue weighted by molar-refractivity contribution is -0.167. The van der Waals surface area contributed by atoms with Crippen LogP contribution in [-0.2, 0) is 28.6 Å². The second kappa shape index (κ2) is 61.9. The van der Waals surface area contributed by atoms with Crippen molar-refractivity contribution in [1.82, 2.24) is 0 Å².